The Morgan fingerprint density at radius 2 is 2.36 bits per heavy atom. The molecule has 0 heterocycles. The van der Waals surface area contributed by atoms with E-state index in [9.17, 15) is 4.21 Å². The highest BCUT2D eigenvalue weighted by molar-refractivity contribution is 7.84. The van der Waals surface area contributed by atoms with Gasteiger partial charge in [-0.05, 0) is 18.2 Å². The van der Waals surface area contributed by atoms with Crippen LogP contribution in [0.5, 0.6) is 5.75 Å². The highest BCUT2D eigenvalue weighted by Crippen LogP contribution is 2.12. The second-order valence-corrected chi connectivity index (χ2v) is 4.32. The Labute approximate surface area is 85.8 Å². The fourth-order valence-electron chi connectivity index (χ4n) is 0.932. The first-order valence-corrected chi connectivity index (χ1v) is 5.88. The number of ether oxygens (including phenoxy) is 1. The fraction of sp³-hybridized carbons (Fsp3) is 0.300. The number of benzene rings is 1. The van der Waals surface area contributed by atoms with Crippen LogP contribution in [0.15, 0.2) is 24.3 Å². The molecule has 0 amide bonds. The van der Waals surface area contributed by atoms with Crippen molar-refractivity contribution in [3.05, 3.63) is 29.8 Å². The minimum absolute atomic E-state index is 0.415. The van der Waals surface area contributed by atoms with Crippen molar-refractivity contribution in [1.82, 2.24) is 0 Å². The molecule has 1 aromatic carbocycles. The van der Waals surface area contributed by atoms with Crippen LogP contribution in [-0.4, -0.2) is 22.8 Å². The third-order valence-corrected chi connectivity index (χ3v) is 2.34. The van der Waals surface area contributed by atoms with Gasteiger partial charge in [0.2, 0.25) is 0 Å². The van der Waals surface area contributed by atoms with Gasteiger partial charge >= 0.3 is 0 Å². The van der Waals surface area contributed by atoms with E-state index in [1.54, 1.807) is 30.5 Å². The SMILES string of the molecule is CS(=O)CCOc1cccc(C#N)c1. The van der Waals surface area contributed by atoms with Gasteiger partial charge in [0.05, 0.1) is 24.0 Å². The second kappa shape index (κ2) is 5.40. The smallest absolute Gasteiger partial charge is 0.120 e. The van der Waals surface area contributed by atoms with Gasteiger partial charge in [-0.3, -0.25) is 4.21 Å². The van der Waals surface area contributed by atoms with Crippen molar-refractivity contribution >= 4 is 10.8 Å². The van der Waals surface area contributed by atoms with Gasteiger partial charge in [-0.25, -0.2) is 0 Å². The minimum Gasteiger partial charge on any atom is -0.493 e. The number of hydrogen-bond acceptors (Lipinski definition) is 3. The molecule has 0 spiro atoms. The van der Waals surface area contributed by atoms with E-state index in [1.165, 1.54) is 0 Å². The van der Waals surface area contributed by atoms with E-state index in [0.29, 0.717) is 23.7 Å². The Balaban J connectivity index is 2.51. The standard InChI is InChI=1S/C10H11NO2S/c1-14(12)6-5-13-10-4-2-3-9(7-10)8-11/h2-4,7H,5-6H2,1H3. The molecule has 0 radical (unpaired) electrons. The molecule has 0 fully saturated rings. The third-order valence-electron chi connectivity index (χ3n) is 1.60. The van der Waals surface area contributed by atoms with Crippen LogP contribution < -0.4 is 4.74 Å². The minimum atomic E-state index is -0.836. The van der Waals surface area contributed by atoms with Crippen LogP contribution in [-0.2, 0) is 10.8 Å². The normalized spacial score (nSPS) is 11.7. The van der Waals surface area contributed by atoms with Crippen molar-refractivity contribution in [2.45, 2.75) is 0 Å². The van der Waals surface area contributed by atoms with Crippen molar-refractivity contribution in [2.75, 3.05) is 18.6 Å². The molecular weight excluding hydrogens is 198 g/mol. The predicted octanol–water partition coefficient (Wildman–Crippen LogP) is 1.32. The van der Waals surface area contributed by atoms with Gasteiger partial charge < -0.3 is 4.74 Å². The van der Waals surface area contributed by atoms with E-state index >= 15 is 0 Å². The molecular formula is C10H11NO2S. The summed E-state index contributed by atoms with van der Waals surface area (Å²) in [6.45, 7) is 0.415. The molecule has 3 nitrogen and oxygen atoms in total. The average Bonchev–Trinajstić information content (AvgIpc) is 2.18. The first-order valence-electron chi connectivity index (χ1n) is 4.15. The molecule has 74 valence electrons. The third kappa shape index (κ3) is 3.58. The molecule has 0 aliphatic carbocycles. The van der Waals surface area contributed by atoms with Crippen LogP contribution >= 0.6 is 0 Å². The summed E-state index contributed by atoms with van der Waals surface area (Å²) in [6.07, 6.45) is 1.63. The summed E-state index contributed by atoms with van der Waals surface area (Å²) in [4.78, 5) is 0. The zero-order valence-electron chi connectivity index (χ0n) is 7.90. The summed E-state index contributed by atoms with van der Waals surface area (Å²) in [6, 6.07) is 8.94. The molecule has 1 unspecified atom stereocenters. The van der Waals surface area contributed by atoms with E-state index in [-0.39, 0.29) is 0 Å². The van der Waals surface area contributed by atoms with Crippen molar-refractivity contribution in [2.24, 2.45) is 0 Å². The van der Waals surface area contributed by atoms with Gasteiger partial charge in [0, 0.05) is 17.1 Å². The average molecular weight is 209 g/mol. The molecule has 4 heteroatoms. The van der Waals surface area contributed by atoms with Crippen LogP contribution in [0.2, 0.25) is 0 Å². The first kappa shape index (κ1) is 10.7. The lowest BCUT2D eigenvalue weighted by molar-refractivity contribution is 0.342. The zero-order valence-corrected chi connectivity index (χ0v) is 8.71. The summed E-state index contributed by atoms with van der Waals surface area (Å²) in [5.74, 6) is 1.16. The molecule has 0 aliphatic heterocycles. The summed E-state index contributed by atoms with van der Waals surface area (Å²) >= 11 is 0. The highest BCUT2D eigenvalue weighted by atomic mass is 32.2. The lowest BCUT2D eigenvalue weighted by atomic mass is 10.2. The van der Waals surface area contributed by atoms with Crippen LogP contribution in [0.25, 0.3) is 0 Å². The van der Waals surface area contributed by atoms with E-state index in [0.717, 1.165) is 0 Å². The fourth-order valence-corrected chi connectivity index (χ4v) is 1.25. The largest absolute Gasteiger partial charge is 0.493 e. The molecule has 14 heavy (non-hydrogen) atoms. The van der Waals surface area contributed by atoms with E-state index in [2.05, 4.69) is 0 Å². The highest BCUT2D eigenvalue weighted by Gasteiger charge is 1.96. The molecule has 0 aliphatic rings. The van der Waals surface area contributed by atoms with Crippen molar-refractivity contribution in [3.8, 4) is 11.8 Å². The molecule has 0 N–H and O–H groups in total. The van der Waals surface area contributed by atoms with Gasteiger partial charge in [-0.1, -0.05) is 6.07 Å². The number of nitriles is 1. The first-order chi connectivity index (χ1) is 6.72. The van der Waals surface area contributed by atoms with Crippen LogP contribution in [0.3, 0.4) is 0 Å². The maximum absolute atomic E-state index is 10.7. The molecule has 1 atom stereocenters. The van der Waals surface area contributed by atoms with E-state index < -0.39 is 10.8 Å². The monoisotopic (exact) mass is 209 g/mol. The Hall–Kier alpha value is -1.34. The van der Waals surface area contributed by atoms with E-state index in [4.69, 9.17) is 10.00 Å². The van der Waals surface area contributed by atoms with Gasteiger partial charge in [0.1, 0.15) is 5.75 Å². The van der Waals surface area contributed by atoms with Gasteiger partial charge in [-0.2, -0.15) is 5.26 Å². The van der Waals surface area contributed by atoms with Gasteiger partial charge in [0.25, 0.3) is 0 Å². The van der Waals surface area contributed by atoms with E-state index in [1.807, 2.05) is 6.07 Å². The number of nitrogens with zero attached hydrogens (tertiary/aromatic N) is 1. The molecule has 0 saturated heterocycles. The predicted molar refractivity (Wildman–Crippen MR) is 55.6 cm³/mol. The summed E-state index contributed by atoms with van der Waals surface area (Å²) < 4.78 is 16.1. The van der Waals surface area contributed by atoms with Crippen LogP contribution in [0.4, 0.5) is 0 Å². The number of hydrogen-bond donors (Lipinski definition) is 0. The van der Waals surface area contributed by atoms with Gasteiger partial charge in [-0.15, -0.1) is 0 Å². The Morgan fingerprint density at radius 3 is 3.00 bits per heavy atom. The molecule has 0 bridgehead atoms. The quantitative estimate of drug-likeness (QED) is 0.751. The summed E-state index contributed by atoms with van der Waals surface area (Å²) in [5.41, 5.74) is 0.570. The Bertz CT molecular complexity index is 371. The molecule has 0 saturated carbocycles. The lowest BCUT2D eigenvalue weighted by Crippen LogP contribution is -2.06. The molecule has 1 aromatic rings. The van der Waals surface area contributed by atoms with Crippen molar-refractivity contribution in [1.29, 1.82) is 5.26 Å². The molecule has 1 rings (SSSR count). The van der Waals surface area contributed by atoms with Crippen LogP contribution in [0.1, 0.15) is 5.56 Å². The van der Waals surface area contributed by atoms with Crippen molar-refractivity contribution in [3.63, 3.8) is 0 Å². The summed E-state index contributed by atoms with van der Waals surface area (Å²) in [5, 5.41) is 8.62. The van der Waals surface area contributed by atoms with Gasteiger partial charge in [0.15, 0.2) is 0 Å². The molecule has 0 aromatic heterocycles. The Kier molecular flexibility index (Phi) is 4.14. The second-order valence-electron chi connectivity index (χ2n) is 2.77. The zero-order chi connectivity index (χ0) is 10.4. The Morgan fingerprint density at radius 1 is 1.57 bits per heavy atom. The lowest BCUT2D eigenvalue weighted by Gasteiger charge is -2.04. The van der Waals surface area contributed by atoms with Crippen molar-refractivity contribution < 1.29 is 8.95 Å². The van der Waals surface area contributed by atoms with Crippen LogP contribution in [0, 0.1) is 11.3 Å². The maximum Gasteiger partial charge on any atom is 0.120 e. The maximum atomic E-state index is 10.7. The summed E-state index contributed by atoms with van der Waals surface area (Å²) in [7, 11) is -0.836. The number of rotatable bonds is 4. The topological polar surface area (TPSA) is 50.1 Å².